The van der Waals surface area contributed by atoms with Crippen LogP contribution in [0.1, 0.15) is 72.1 Å². The van der Waals surface area contributed by atoms with Crippen LogP contribution in [0.2, 0.25) is 0 Å². The molecule has 0 amide bonds. The van der Waals surface area contributed by atoms with Crippen molar-refractivity contribution in [2.75, 3.05) is 0 Å². The Morgan fingerprint density at radius 2 is 1.25 bits per heavy atom. The summed E-state index contributed by atoms with van der Waals surface area (Å²) in [6, 6.07) is 0. The van der Waals surface area contributed by atoms with Gasteiger partial charge in [-0.15, -0.1) is 0 Å². The summed E-state index contributed by atoms with van der Waals surface area (Å²) < 4.78 is 0. The normalized spacial score (nSPS) is 11.0. The standard InChI is InChI=1S/C12H25/c1-4-5-6-7-8-9-10-11-12(2)3/h4-11H2,1-3H3. The maximum atomic E-state index is 2.27. The molecule has 0 aromatic heterocycles. The third-order valence-electron chi connectivity index (χ3n) is 2.28. The summed E-state index contributed by atoms with van der Waals surface area (Å²) in [4.78, 5) is 0. The summed E-state index contributed by atoms with van der Waals surface area (Å²) in [6.07, 6.45) is 11.3. The fraction of sp³-hybridized carbons (Fsp3) is 0.917. The first kappa shape index (κ1) is 12.0. The highest BCUT2D eigenvalue weighted by atomic mass is 14.0. The summed E-state index contributed by atoms with van der Waals surface area (Å²) in [7, 11) is 0. The van der Waals surface area contributed by atoms with Crippen molar-refractivity contribution in [3.05, 3.63) is 5.92 Å². The van der Waals surface area contributed by atoms with E-state index < -0.39 is 0 Å². The van der Waals surface area contributed by atoms with Crippen LogP contribution in [0.15, 0.2) is 0 Å². The van der Waals surface area contributed by atoms with Crippen molar-refractivity contribution >= 4 is 0 Å². The first-order chi connectivity index (χ1) is 5.77. The van der Waals surface area contributed by atoms with Gasteiger partial charge in [-0.2, -0.15) is 0 Å². The summed E-state index contributed by atoms with van der Waals surface area (Å²) >= 11 is 0. The van der Waals surface area contributed by atoms with Crippen LogP contribution in [-0.4, -0.2) is 0 Å². The average Bonchev–Trinajstić information content (AvgIpc) is 2.02. The molecule has 0 aromatic rings. The Kier molecular flexibility index (Phi) is 9.09. The lowest BCUT2D eigenvalue weighted by Gasteiger charge is -2.03. The molecule has 0 bridgehead atoms. The lowest BCUT2D eigenvalue weighted by molar-refractivity contribution is 0.579. The quantitative estimate of drug-likeness (QED) is 0.460. The van der Waals surface area contributed by atoms with Crippen molar-refractivity contribution < 1.29 is 0 Å². The molecule has 0 aliphatic rings. The van der Waals surface area contributed by atoms with Gasteiger partial charge in [-0.25, -0.2) is 0 Å². The Bertz CT molecular complexity index is 74.1. The summed E-state index contributed by atoms with van der Waals surface area (Å²) in [5.74, 6) is 1.59. The molecule has 0 aliphatic heterocycles. The van der Waals surface area contributed by atoms with E-state index in [1.165, 1.54) is 51.4 Å². The second kappa shape index (κ2) is 9.09. The molecule has 12 heavy (non-hydrogen) atoms. The smallest absolute Gasteiger partial charge is 0.0303 e. The lowest BCUT2D eigenvalue weighted by atomic mass is 10.0. The molecule has 73 valence electrons. The van der Waals surface area contributed by atoms with Crippen molar-refractivity contribution in [3.63, 3.8) is 0 Å². The average molecular weight is 169 g/mol. The molecule has 0 unspecified atom stereocenters. The molecule has 0 saturated carbocycles. The molecular weight excluding hydrogens is 144 g/mol. The van der Waals surface area contributed by atoms with Crippen molar-refractivity contribution in [3.8, 4) is 0 Å². The molecular formula is C12H25. The molecule has 0 aliphatic carbocycles. The number of unbranched alkanes of at least 4 members (excludes halogenated alkanes) is 6. The minimum atomic E-state index is 1.34. The molecule has 0 fully saturated rings. The second-order valence-electron chi connectivity index (χ2n) is 4.08. The van der Waals surface area contributed by atoms with Gasteiger partial charge in [0.1, 0.15) is 0 Å². The zero-order valence-corrected chi connectivity index (χ0v) is 9.16. The summed E-state index contributed by atoms with van der Waals surface area (Å²) in [5, 5.41) is 0. The van der Waals surface area contributed by atoms with E-state index in [2.05, 4.69) is 20.8 Å². The zero-order valence-electron chi connectivity index (χ0n) is 9.16. The van der Waals surface area contributed by atoms with Gasteiger partial charge < -0.3 is 0 Å². The Morgan fingerprint density at radius 3 is 1.75 bits per heavy atom. The van der Waals surface area contributed by atoms with E-state index in [4.69, 9.17) is 0 Å². The molecule has 0 aromatic carbocycles. The minimum absolute atomic E-state index is 1.34. The predicted molar refractivity (Wildman–Crippen MR) is 57.2 cm³/mol. The van der Waals surface area contributed by atoms with Gasteiger partial charge in [0.2, 0.25) is 0 Å². The number of hydrogen-bond donors (Lipinski definition) is 0. The van der Waals surface area contributed by atoms with Crippen LogP contribution in [0.4, 0.5) is 0 Å². The molecule has 0 nitrogen and oxygen atoms in total. The number of rotatable bonds is 8. The fourth-order valence-corrected chi connectivity index (χ4v) is 1.44. The Balaban J connectivity index is 2.82. The Hall–Kier alpha value is 0. The van der Waals surface area contributed by atoms with Crippen LogP contribution in [0.5, 0.6) is 0 Å². The van der Waals surface area contributed by atoms with Crippen LogP contribution in [0.3, 0.4) is 0 Å². The topological polar surface area (TPSA) is 0 Å². The van der Waals surface area contributed by atoms with Crippen LogP contribution in [-0.2, 0) is 0 Å². The Morgan fingerprint density at radius 1 is 0.750 bits per heavy atom. The molecule has 0 N–H and O–H groups in total. The van der Waals surface area contributed by atoms with E-state index >= 15 is 0 Å². The molecule has 0 spiro atoms. The van der Waals surface area contributed by atoms with Crippen molar-refractivity contribution in [2.24, 2.45) is 0 Å². The largest absolute Gasteiger partial charge is 0.0654 e. The van der Waals surface area contributed by atoms with E-state index in [1.807, 2.05) is 0 Å². The molecule has 1 radical (unpaired) electrons. The second-order valence-corrected chi connectivity index (χ2v) is 4.08. The molecule has 0 heterocycles. The van der Waals surface area contributed by atoms with Gasteiger partial charge in [0.05, 0.1) is 0 Å². The van der Waals surface area contributed by atoms with Crippen molar-refractivity contribution in [1.82, 2.24) is 0 Å². The highest BCUT2D eigenvalue weighted by Gasteiger charge is 1.94. The third-order valence-corrected chi connectivity index (χ3v) is 2.28. The summed E-state index contributed by atoms with van der Waals surface area (Å²) in [6.45, 7) is 6.74. The van der Waals surface area contributed by atoms with Crippen LogP contribution in [0, 0.1) is 5.92 Å². The monoisotopic (exact) mass is 169 g/mol. The molecule has 0 saturated heterocycles. The van der Waals surface area contributed by atoms with E-state index in [1.54, 1.807) is 5.92 Å². The van der Waals surface area contributed by atoms with Crippen LogP contribution < -0.4 is 0 Å². The maximum absolute atomic E-state index is 2.27. The van der Waals surface area contributed by atoms with Crippen LogP contribution in [0.25, 0.3) is 0 Å². The number of hydrogen-bond acceptors (Lipinski definition) is 0. The van der Waals surface area contributed by atoms with E-state index in [-0.39, 0.29) is 0 Å². The van der Waals surface area contributed by atoms with Crippen molar-refractivity contribution in [1.29, 1.82) is 0 Å². The minimum Gasteiger partial charge on any atom is -0.0654 e. The highest BCUT2D eigenvalue weighted by molar-refractivity contribution is 4.75. The first-order valence-corrected chi connectivity index (χ1v) is 5.56. The molecule has 0 rings (SSSR count). The highest BCUT2D eigenvalue weighted by Crippen LogP contribution is 2.12. The van der Waals surface area contributed by atoms with Crippen LogP contribution >= 0.6 is 0 Å². The van der Waals surface area contributed by atoms with E-state index in [0.717, 1.165) is 0 Å². The zero-order chi connectivity index (χ0) is 9.23. The van der Waals surface area contributed by atoms with Crippen molar-refractivity contribution in [2.45, 2.75) is 72.1 Å². The van der Waals surface area contributed by atoms with Gasteiger partial charge in [-0.05, 0) is 12.3 Å². The third kappa shape index (κ3) is 10.0. The fourth-order valence-electron chi connectivity index (χ4n) is 1.44. The molecule has 0 atom stereocenters. The SMILES string of the molecule is CCCCCCCCC[C](C)C. The van der Waals surface area contributed by atoms with E-state index in [0.29, 0.717) is 0 Å². The molecule has 0 heteroatoms. The van der Waals surface area contributed by atoms with Gasteiger partial charge in [-0.3, -0.25) is 0 Å². The van der Waals surface area contributed by atoms with Gasteiger partial charge >= 0.3 is 0 Å². The van der Waals surface area contributed by atoms with E-state index in [9.17, 15) is 0 Å². The Labute approximate surface area is 78.8 Å². The predicted octanol–water partition coefficient (Wildman–Crippen LogP) is 4.74. The van der Waals surface area contributed by atoms with Gasteiger partial charge in [0, 0.05) is 0 Å². The lowest BCUT2D eigenvalue weighted by Crippen LogP contribution is -1.85. The maximum Gasteiger partial charge on any atom is -0.0303 e. The van der Waals surface area contributed by atoms with Gasteiger partial charge in [-0.1, -0.05) is 65.7 Å². The van der Waals surface area contributed by atoms with Gasteiger partial charge in [0.15, 0.2) is 0 Å². The summed E-state index contributed by atoms with van der Waals surface area (Å²) in [5.41, 5.74) is 0. The van der Waals surface area contributed by atoms with Gasteiger partial charge in [0.25, 0.3) is 0 Å². The first-order valence-electron chi connectivity index (χ1n) is 5.56.